The van der Waals surface area contributed by atoms with Crippen molar-refractivity contribution < 1.29 is 9.21 Å². The molecule has 0 aromatic carbocycles. The number of hydrogen-bond donors (Lipinski definition) is 0. The molecule has 2 aromatic heterocycles. The molecule has 1 aliphatic rings. The van der Waals surface area contributed by atoms with Crippen molar-refractivity contribution in [2.24, 2.45) is 0 Å². The van der Waals surface area contributed by atoms with Gasteiger partial charge in [-0.25, -0.2) is 9.97 Å². The van der Waals surface area contributed by atoms with E-state index in [1.54, 1.807) is 30.3 Å². The van der Waals surface area contributed by atoms with Crippen molar-refractivity contribution in [1.82, 2.24) is 25.1 Å². The van der Waals surface area contributed by atoms with E-state index in [1.165, 1.54) is 0 Å². The molecule has 0 N–H and O–H groups in total. The summed E-state index contributed by atoms with van der Waals surface area (Å²) in [6.45, 7) is 4.19. The van der Waals surface area contributed by atoms with Gasteiger partial charge < -0.3 is 14.2 Å². The van der Waals surface area contributed by atoms with Crippen LogP contribution < -0.4 is 4.90 Å². The zero-order valence-electron chi connectivity index (χ0n) is 11.1. The molecule has 1 saturated heterocycles. The van der Waals surface area contributed by atoms with E-state index in [1.807, 2.05) is 4.90 Å². The van der Waals surface area contributed by atoms with Gasteiger partial charge >= 0.3 is 11.8 Å². The van der Waals surface area contributed by atoms with Crippen LogP contribution in [-0.2, 0) is 0 Å². The van der Waals surface area contributed by atoms with E-state index in [2.05, 4.69) is 20.2 Å². The van der Waals surface area contributed by atoms with E-state index in [-0.39, 0.29) is 11.8 Å². The van der Waals surface area contributed by atoms with Gasteiger partial charge in [0.05, 0.1) is 0 Å². The smallest absolute Gasteiger partial charge is 0.311 e. The molecule has 0 saturated carbocycles. The highest BCUT2D eigenvalue weighted by atomic mass is 16.4. The minimum Gasteiger partial charge on any atom is -0.417 e. The SMILES string of the molecule is Cc1nnc(C(=O)N2CCN(c3ncccn3)CC2)o1. The zero-order chi connectivity index (χ0) is 13.9. The van der Waals surface area contributed by atoms with Gasteiger partial charge in [0.25, 0.3) is 0 Å². The largest absolute Gasteiger partial charge is 0.417 e. The summed E-state index contributed by atoms with van der Waals surface area (Å²) in [5, 5.41) is 7.42. The summed E-state index contributed by atoms with van der Waals surface area (Å²) in [4.78, 5) is 24.3. The molecule has 20 heavy (non-hydrogen) atoms. The lowest BCUT2D eigenvalue weighted by atomic mass is 10.3. The molecule has 8 heteroatoms. The lowest BCUT2D eigenvalue weighted by molar-refractivity contribution is 0.0704. The average molecular weight is 274 g/mol. The number of rotatable bonds is 2. The van der Waals surface area contributed by atoms with E-state index in [0.29, 0.717) is 38.0 Å². The highest BCUT2D eigenvalue weighted by Crippen LogP contribution is 2.12. The topological polar surface area (TPSA) is 88.3 Å². The molecular weight excluding hydrogens is 260 g/mol. The van der Waals surface area contributed by atoms with Crippen LogP contribution in [0.5, 0.6) is 0 Å². The molecule has 8 nitrogen and oxygen atoms in total. The Balaban J connectivity index is 1.63. The van der Waals surface area contributed by atoms with Gasteiger partial charge in [0, 0.05) is 45.5 Å². The number of carbonyl (C=O) groups excluding carboxylic acids is 1. The normalized spacial score (nSPS) is 15.4. The zero-order valence-corrected chi connectivity index (χ0v) is 11.1. The van der Waals surface area contributed by atoms with Crippen LogP contribution in [0.2, 0.25) is 0 Å². The molecule has 1 amide bonds. The molecule has 104 valence electrons. The molecule has 0 radical (unpaired) electrons. The van der Waals surface area contributed by atoms with Gasteiger partial charge in [-0.15, -0.1) is 10.2 Å². The van der Waals surface area contributed by atoms with Gasteiger partial charge in [0.1, 0.15) is 0 Å². The minimum absolute atomic E-state index is 0.0481. The van der Waals surface area contributed by atoms with E-state index < -0.39 is 0 Å². The average Bonchev–Trinajstić information content (AvgIpc) is 2.94. The van der Waals surface area contributed by atoms with Gasteiger partial charge in [-0.05, 0) is 6.07 Å². The van der Waals surface area contributed by atoms with Crippen LogP contribution in [0.4, 0.5) is 5.95 Å². The molecule has 3 heterocycles. The fourth-order valence-corrected chi connectivity index (χ4v) is 2.08. The van der Waals surface area contributed by atoms with Crippen LogP contribution in [0, 0.1) is 6.92 Å². The molecular formula is C12H14N6O2. The summed E-state index contributed by atoms with van der Waals surface area (Å²) in [5.74, 6) is 0.907. The maximum absolute atomic E-state index is 12.1. The third-order valence-electron chi connectivity index (χ3n) is 3.11. The lowest BCUT2D eigenvalue weighted by Gasteiger charge is -2.33. The fraction of sp³-hybridized carbons (Fsp3) is 0.417. The van der Waals surface area contributed by atoms with Crippen molar-refractivity contribution in [3.63, 3.8) is 0 Å². The Morgan fingerprint density at radius 1 is 1.15 bits per heavy atom. The molecule has 0 aliphatic carbocycles. The van der Waals surface area contributed by atoms with Gasteiger partial charge in [-0.2, -0.15) is 0 Å². The van der Waals surface area contributed by atoms with Crippen molar-refractivity contribution in [3.05, 3.63) is 30.2 Å². The summed E-state index contributed by atoms with van der Waals surface area (Å²) in [7, 11) is 0. The number of amides is 1. The van der Waals surface area contributed by atoms with Gasteiger partial charge in [0.15, 0.2) is 0 Å². The molecule has 0 bridgehead atoms. The van der Waals surface area contributed by atoms with Crippen molar-refractivity contribution >= 4 is 11.9 Å². The first kappa shape index (κ1) is 12.5. The Labute approximate surface area is 115 Å². The quantitative estimate of drug-likeness (QED) is 0.769. The number of aryl methyl sites for hydroxylation is 1. The maximum Gasteiger partial charge on any atom is 0.311 e. The summed E-state index contributed by atoms with van der Waals surface area (Å²) in [6, 6.07) is 1.78. The third kappa shape index (κ3) is 2.44. The van der Waals surface area contributed by atoms with Crippen LogP contribution in [-0.4, -0.2) is 57.2 Å². The first-order chi connectivity index (χ1) is 9.74. The van der Waals surface area contributed by atoms with Crippen LogP contribution in [0.25, 0.3) is 0 Å². The van der Waals surface area contributed by atoms with Crippen molar-refractivity contribution in [2.75, 3.05) is 31.1 Å². The fourth-order valence-electron chi connectivity index (χ4n) is 2.08. The summed E-state index contributed by atoms with van der Waals surface area (Å²) in [6.07, 6.45) is 3.42. The van der Waals surface area contributed by atoms with E-state index in [4.69, 9.17) is 4.42 Å². The molecule has 1 aliphatic heterocycles. The van der Waals surface area contributed by atoms with Gasteiger partial charge in [0.2, 0.25) is 11.8 Å². The summed E-state index contributed by atoms with van der Waals surface area (Å²) in [5.41, 5.74) is 0. The van der Waals surface area contributed by atoms with Crippen molar-refractivity contribution in [3.8, 4) is 0 Å². The van der Waals surface area contributed by atoms with Gasteiger partial charge in [-0.1, -0.05) is 0 Å². The Hall–Kier alpha value is -2.51. The lowest BCUT2D eigenvalue weighted by Crippen LogP contribution is -2.49. The molecule has 0 unspecified atom stereocenters. The number of aromatic nitrogens is 4. The molecule has 2 aromatic rings. The number of carbonyl (C=O) groups is 1. The number of hydrogen-bond acceptors (Lipinski definition) is 7. The number of anilines is 1. The van der Waals surface area contributed by atoms with E-state index >= 15 is 0 Å². The Morgan fingerprint density at radius 3 is 2.45 bits per heavy atom. The standard InChI is InChI=1S/C12H14N6O2/c1-9-15-16-10(20-9)11(19)17-5-7-18(8-6-17)12-13-3-2-4-14-12/h2-4H,5-8H2,1H3. The summed E-state index contributed by atoms with van der Waals surface area (Å²) >= 11 is 0. The second kappa shape index (κ2) is 5.24. The third-order valence-corrected chi connectivity index (χ3v) is 3.11. The Morgan fingerprint density at radius 2 is 1.85 bits per heavy atom. The molecule has 3 rings (SSSR count). The first-order valence-electron chi connectivity index (χ1n) is 6.35. The van der Waals surface area contributed by atoms with E-state index in [0.717, 1.165) is 0 Å². The number of piperazine rings is 1. The molecule has 0 spiro atoms. The maximum atomic E-state index is 12.1. The number of nitrogens with zero attached hydrogens (tertiary/aromatic N) is 6. The monoisotopic (exact) mass is 274 g/mol. The summed E-state index contributed by atoms with van der Waals surface area (Å²) < 4.78 is 5.16. The van der Waals surface area contributed by atoms with E-state index in [9.17, 15) is 4.79 Å². The van der Waals surface area contributed by atoms with Crippen LogP contribution in [0.1, 0.15) is 16.6 Å². The second-order valence-corrected chi connectivity index (χ2v) is 4.45. The van der Waals surface area contributed by atoms with Crippen LogP contribution in [0.15, 0.2) is 22.9 Å². The Kier molecular flexibility index (Phi) is 3.28. The van der Waals surface area contributed by atoms with Crippen LogP contribution in [0.3, 0.4) is 0 Å². The predicted molar refractivity (Wildman–Crippen MR) is 69.2 cm³/mol. The second-order valence-electron chi connectivity index (χ2n) is 4.45. The molecule has 1 fully saturated rings. The van der Waals surface area contributed by atoms with Crippen LogP contribution >= 0.6 is 0 Å². The first-order valence-corrected chi connectivity index (χ1v) is 6.35. The van der Waals surface area contributed by atoms with Crippen molar-refractivity contribution in [2.45, 2.75) is 6.92 Å². The molecule has 0 atom stereocenters. The Bertz CT molecular complexity index is 591. The highest BCUT2D eigenvalue weighted by molar-refractivity contribution is 5.89. The highest BCUT2D eigenvalue weighted by Gasteiger charge is 2.26. The predicted octanol–water partition coefficient (Wildman–Crippen LogP) is 0.130. The minimum atomic E-state index is -0.223. The van der Waals surface area contributed by atoms with Crippen molar-refractivity contribution in [1.29, 1.82) is 0 Å². The van der Waals surface area contributed by atoms with Gasteiger partial charge in [-0.3, -0.25) is 4.79 Å².